The number of halogens is 2. The largest absolute Gasteiger partial charge is 0.392 e. The Morgan fingerprint density at radius 1 is 1.29 bits per heavy atom. The van der Waals surface area contributed by atoms with Crippen LogP contribution in [0.15, 0.2) is 35.2 Å². The SMILES string of the molecule is O=S(=O)(NCCc1ccc(Cl)s1)c1cc(CO)ccc1F. The summed E-state index contributed by atoms with van der Waals surface area (Å²) in [5, 5.41) is 9.00. The number of thiophene rings is 1. The van der Waals surface area contributed by atoms with Crippen molar-refractivity contribution in [1.29, 1.82) is 0 Å². The smallest absolute Gasteiger partial charge is 0.243 e. The molecule has 2 N–H and O–H groups in total. The highest BCUT2D eigenvalue weighted by Gasteiger charge is 2.19. The molecule has 0 radical (unpaired) electrons. The lowest BCUT2D eigenvalue weighted by Crippen LogP contribution is -2.26. The minimum Gasteiger partial charge on any atom is -0.392 e. The number of benzene rings is 1. The van der Waals surface area contributed by atoms with Crippen molar-refractivity contribution in [1.82, 2.24) is 4.72 Å². The number of hydrogen-bond acceptors (Lipinski definition) is 4. The Balaban J connectivity index is 2.07. The van der Waals surface area contributed by atoms with Crippen molar-refractivity contribution in [2.24, 2.45) is 0 Å². The molecule has 0 spiro atoms. The van der Waals surface area contributed by atoms with Gasteiger partial charge in [0.25, 0.3) is 0 Å². The molecule has 1 heterocycles. The van der Waals surface area contributed by atoms with E-state index in [-0.39, 0.29) is 13.2 Å². The van der Waals surface area contributed by atoms with Crippen molar-refractivity contribution in [3.05, 3.63) is 50.9 Å². The van der Waals surface area contributed by atoms with Crippen LogP contribution < -0.4 is 4.72 Å². The van der Waals surface area contributed by atoms with E-state index in [1.54, 1.807) is 6.07 Å². The molecule has 8 heteroatoms. The van der Waals surface area contributed by atoms with Gasteiger partial charge in [0, 0.05) is 11.4 Å². The van der Waals surface area contributed by atoms with Gasteiger partial charge in [-0.3, -0.25) is 0 Å². The lowest BCUT2D eigenvalue weighted by atomic mass is 10.2. The minimum absolute atomic E-state index is 0.141. The molecule has 0 aliphatic carbocycles. The van der Waals surface area contributed by atoms with Crippen LogP contribution in [0.2, 0.25) is 4.34 Å². The Morgan fingerprint density at radius 2 is 2.05 bits per heavy atom. The summed E-state index contributed by atoms with van der Waals surface area (Å²) in [6.07, 6.45) is 0.470. The molecule has 1 aromatic carbocycles. The zero-order valence-corrected chi connectivity index (χ0v) is 13.2. The van der Waals surface area contributed by atoms with E-state index in [2.05, 4.69) is 4.72 Å². The maximum atomic E-state index is 13.6. The predicted molar refractivity (Wildman–Crippen MR) is 80.5 cm³/mol. The van der Waals surface area contributed by atoms with E-state index in [0.29, 0.717) is 16.3 Å². The molecule has 0 amide bonds. The van der Waals surface area contributed by atoms with E-state index in [1.165, 1.54) is 17.4 Å². The highest BCUT2D eigenvalue weighted by Crippen LogP contribution is 2.22. The van der Waals surface area contributed by atoms with Gasteiger partial charge < -0.3 is 5.11 Å². The molecule has 0 aliphatic heterocycles. The highest BCUT2D eigenvalue weighted by molar-refractivity contribution is 7.89. The van der Waals surface area contributed by atoms with E-state index in [4.69, 9.17) is 16.7 Å². The second-order valence-electron chi connectivity index (χ2n) is 4.28. The molecule has 0 aliphatic rings. The summed E-state index contributed by atoms with van der Waals surface area (Å²) in [5.74, 6) is -0.848. The number of aliphatic hydroxyl groups excluding tert-OH is 1. The zero-order valence-electron chi connectivity index (χ0n) is 10.8. The average molecular weight is 350 g/mol. The van der Waals surface area contributed by atoms with Gasteiger partial charge in [0.1, 0.15) is 10.7 Å². The summed E-state index contributed by atoms with van der Waals surface area (Å²) >= 11 is 7.15. The first-order valence-electron chi connectivity index (χ1n) is 6.05. The minimum atomic E-state index is -3.95. The van der Waals surface area contributed by atoms with Gasteiger partial charge in [0.05, 0.1) is 10.9 Å². The molecule has 1 aromatic heterocycles. The lowest BCUT2D eigenvalue weighted by Gasteiger charge is -2.08. The second kappa shape index (κ2) is 6.85. The van der Waals surface area contributed by atoms with Gasteiger partial charge in [0.15, 0.2) is 0 Å². The molecular weight excluding hydrogens is 337 g/mol. The van der Waals surface area contributed by atoms with Crippen LogP contribution in [-0.2, 0) is 23.1 Å². The number of nitrogens with one attached hydrogen (secondary N) is 1. The molecular formula is C13H13ClFNO3S2. The van der Waals surface area contributed by atoms with E-state index in [1.807, 2.05) is 6.07 Å². The maximum absolute atomic E-state index is 13.6. The lowest BCUT2D eigenvalue weighted by molar-refractivity contribution is 0.281. The first kappa shape index (κ1) is 16.4. The van der Waals surface area contributed by atoms with Gasteiger partial charge in [-0.1, -0.05) is 17.7 Å². The molecule has 21 heavy (non-hydrogen) atoms. The molecule has 0 bridgehead atoms. The summed E-state index contributed by atoms with van der Waals surface area (Å²) in [6, 6.07) is 7.04. The summed E-state index contributed by atoms with van der Waals surface area (Å²) in [4.78, 5) is 0.477. The van der Waals surface area contributed by atoms with Gasteiger partial charge in [-0.05, 0) is 36.2 Å². The van der Waals surface area contributed by atoms with Crippen molar-refractivity contribution in [2.75, 3.05) is 6.54 Å². The number of aliphatic hydroxyl groups is 1. The van der Waals surface area contributed by atoms with Crippen LogP contribution in [0.5, 0.6) is 0 Å². The Labute approximate surface area is 131 Å². The molecule has 2 rings (SSSR count). The zero-order chi connectivity index (χ0) is 15.5. The number of hydrogen-bond donors (Lipinski definition) is 2. The first-order chi connectivity index (χ1) is 9.92. The van der Waals surface area contributed by atoms with Gasteiger partial charge in [0.2, 0.25) is 10.0 Å². The fourth-order valence-electron chi connectivity index (χ4n) is 1.72. The third-order valence-corrected chi connectivity index (χ3v) is 5.53. The molecule has 0 saturated heterocycles. The van der Waals surface area contributed by atoms with Crippen LogP contribution in [0.4, 0.5) is 4.39 Å². The average Bonchev–Trinajstić information content (AvgIpc) is 2.84. The van der Waals surface area contributed by atoms with Crippen LogP contribution in [0, 0.1) is 5.82 Å². The Morgan fingerprint density at radius 3 is 2.67 bits per heavy atom. The molecule has 0 atom stereocenters. The van der Waals surface area contributed by atoms with Crippen molar-refractivity contribution >= 4 is 33.0 Å². The Hall–Kier alpha value is -0.990. The number of sulfonamides is 1. The van der Waals surface area contributed by atoms with Crippen LogP contribution in [0.25, 0.3) is 0 Å². The maximum Gasteiger partial charge on any atom is 0.243 e. The highest BCUT2D eigenvalue weighted by atomic mass is 35.5. The Kier molecular flexibility index (Phi) is 5.34. The summed E-state index contributed by atoms with van der Waals surface area (Å²) in [7, 11) is -3.95. The normalized spacial score (nSPS) is 11.8. The van der Waals surface area contributed by atoms with E-state index in [9.17, 15) is 12.8 Å². The summed E-state index contributed by atoms with van der Waals surface area (Å²) < 4.78 is 40.7. The fourth-order valence-corrected chi connectivity index (χ4v) is 3.97. The van der Waals surface area contributed by atoms with Gasteiger partial charge in [-0.2, -0.15) is 0 Å². The molecule has 0 fully saturated rings. The molecule has 0 saturated carbocycles. The topological polar surface area (TPSA) is 66.4 Å². The number of rotatable bonds is 6. The predicted octanol–water partition coefficient (Wildman–Crippen LogP) is 2.55. The van der Waals surface area contributed by atoms with E-state index >= 15 is 0 Å². The Bertz CT molecular complexity index is 731. The second-order valence-corrected chi connectivity index (χ2v) is 7.81. The molecule has 2 aromatic rings. The van der Waals surface area contributed by atoms with Crippen LogP contribution in [0.3, 0.4) is 0 Å². The van der Waals surface area contributed by atoms with Crippen LogP contribution in [0.1, 0.15) is 10.4 Å². The van der Waals surface area contributed by atoms with Crippen molar-refractivity contribution in [2.45, 2.75) is 17.9 Å². The van der Waals surface area contributed by atoms with Gasteiger partial charge in [-0.15, -0.1) is 11.3 Å². The summed E-state index contributed by atoms with van der Waals surface area (Å²) in [5.41, 5.74) is 0.335. The third-order valence-electron chi connectivity index (χ3n) is 2.76. The third kappa shape index (κ3) is 4.24. The molecule has 114 valence electrons. The molecule has 0 unspecified atom stereocenters. The molecule has 4 nitrogen and oxygen atoms in total. The van der Waals surface area contributed by atoms with Crippen molar-refractivity contribution in [3.8, 4) is 0 Å². The van der Waals surface area contributed by atoms with Crippen molar-refractivity contribution < 1.29 is 17.9 Å². The van der Waals surface area contributed by atoms with E-state index < -0.39 is 20.7 Å². The van der Waals surface area contributed by atoms with Crippen molar-refractivity contribution in [3.63, 3.8) is 0 Å². The van der Waals surface area contributed by atoms with Crippen LogP contribution in [-0.4, -0.2) is 20.1 Å². The van der Waals surface area contributed by atoms with Gasteiger partial charge in [-0.25, -0.2) is 17.5 Å². The van der Waals surface area contributed by atoms with Gasteiger partial charge >= 0.3 is 0 Å². The monoisotopic (exact) mass is 349 g/mol. The summed E-state index contributed by atoms with van der Waals surface area (Å²) in [6.45, 7) is -0.210. The van der Waals surface area contributed by atoms with Crippen LogP contribution >= 0.6 is 22.9 Å². The quantitative estimate of drug-likeness (QED) is 0.842. The van der Waals surface area contributed by atoms with E-state index in [0.717, 1.165) is 17.0 Å². The fraction of sp³-hybridized carbons (Fsp3) is 0.231. The standard InChI is InChI=1S/C13H13ClFNO3S2/c14-13-4-2-10(20-13)5-6-16-21(18,19)12-7-9(8-17)1-3-11(12)15/h1-4,7,16-17H,5-6,8H2. The first-order valence-corrected chi connectivity index (χ1v) is 8.73.